The molecule has 0 aliphatic heterocycles. The molecule has 1 rings (SSSR count). The van der Waals surface area contributed by atoms with Crippen molar-refractivity contribution in [3.8, 4) is 0 Å². The highest BCUT2D eigenvalue weighted by molar-refractivity contribution is 7.07. The molecule has 0 aliphatic rings. The van der Waals surface area contributed by atoms with Gasteiger partial charge in [0.05, 0.1) is 17.8 Å². The van der Waals surface area contributed by atoms with Crippen LogP contribution < -0.4 is 5.73 Å². The lowest BCUT2D eigenvalue weighted by atomic mass is 10.2. The molecule has 0 aliphatic carbocycles. The zero-order valence-corrected chi connectivity index (χ0v) is 8.21. The maximum Gasteiger partial charge on any atom is 0.323 e. The number of ether oxygens (including phenoxy) is 1. The second-order valence-electron chi connectivity index (χ2n) is 2.54. The van der Waals surface area contributed by atoms with Crippen molar-refractivity contribution in [1.82, 2.24) is 4.98 Å². The fraction of sp³-hybridized carbons (Fsp3) is 0.500. The fourth-order valence-electron chi connectivity index (χ4n) is 0.896. The van der Waals surface area contributed by atoms with Crippen molar-refractivity contribution in [3.05, 3.63) is 16.6 Å². The van der Waals surface area contributed by atoms with E-state index in [1.807, 2.05) is 5.38 Å². The van der Waals surface area contributed by atoms with Gasteiger partial charge in [-0.05, 0) is 6.92 Å². The molecule has 72 valence electrons. The monoisotopic (exact) mass is 200 g/mol. The number of rotatable bonds is 4. The minimum atomic E-state index is -0.595. The minimum Gasteiger partial charge on any atom is -0.465 e. The summed E-state index contributed by atoms with van der Waals surface area (Å²) < 4.78 is 4.76. The lowest BCUT2D eigenvalue weighted by Crippen LogP contribution is -2.34. The Labute approximate surface area is 80.7 Å². The summed E-state index contributed by atoms with van der Waals surface area (Å²) in [5, 5.41) is 1.87. The van der Waals surface area contributed by atoms with Crippen LogP contribution in [0.3, 0.4) is 0 Å². The van der Waals surface area contributed by atoms with Crippen LogP contribution in [-0.2, 0) is 16.0 Å². The summed E-state index contributed by atoms with van der Waals surface area (Å²) >= 11 is 1.49. The van der Waals surface area contributed by atoms with Crippen LogP contribution in [0, 0.1) is 0 Å². The summed E-state index contributed by atoms with van der Waals surface area (Å²) in [6.07, 6.45) is 0.447. The lowest BCUT2D eigenvalue weighted by Gasteiger charge is -2.08. The smallest absolute Gasteiger partial charge is 0.323 e. The first-order valence-corrected chi connectivity index (χ1v) is 4.97. The van der Waals surface area contributed by atoms with E-state index in [-0.39, 0.29) is 5.97 Å². The molecule has 0 spiro atoms. The maximum atomic E-state index is 11.1. The van der Waals surface area contributed by atoms with Gasteiger partial charge in [-0.3, -0.25) is 4.79 Å². The van der Waals surface area contributed by atoms with Gasteiger partial charge < -0.3 is 10.5 Å². The third-order valence-corrected chi connectivity index (χ3v) is 2.14. The van der Waals surface area contributed by atoms with Crippen molar-refractivity contribution in [2.45, 2.75) is 19.4 Å². The van der Waals surface area contributed by atoms with Crippen molar-refractivity contribution in [1.29, 1.82) is 0 Å². The molecule has 1 atom stereocenters. The molecule has 1 unspecified atom stereocenters. The summed E-state index contributed by atoms with van der Waals surface area (Å²) in [5.41, 5.74) is 8.14. The van der Waals surface area contributed by atoms with Crippen LogP contribution in [0.1, 0.15) is 12.6 Å². The molecule has 0 bridgehead atoms. The molecule has 4 nitrogen and oxygen atoms in total. The van der Waals surface area contributed by atoms with Gasteiger partial charge in [-0.15, -0.1) is 11.3 Å². The predicted octanol–water partition coefficient (Wildman–Crippen LogP) is 0.576. The molecule has 1 heterocycles. The van der Waals surface area contributed by atoms with Gasteiger partial charge in [0.15, 0.2) is 0 Å². The molecular formula is C8H12N2O2S. The van der Waals surface area contributed by atoms with E-state index in [4.69, 9.17) is 10.5 Å². The number of carbonyl (C=O) groups excluding carboxylic acids is 1. The van der Waals surface area contributed by atoms with Crippen LogP contribution in [0.15, 0.2) is 10.9 Å². The van der Waals surface area contributed by atoms with Gasteiger partial charge in [-0.2, -0.15) is 0 Å². The number of hydrogen-bond acceptors (Lipinski definition) is 5. The first-order valence-electron chi connectivity index (χ1n) is 4.03. The van der Waals surface area contributed by atoms with Crippen LogP contribution in [0.4, 0.5) is 0 Å². The number of nitrogens with two attached hydrogens (primary N) is 1. The SMILES string of the molecule is CCOC(=O)C(N)Cc1cscn1. The van der Waals surface area contributed by atoms with E-state index < -0.39 is 6.04 Å². The van der Waals surface area contributed by atoms with Gasteiger partial charge in [0, 0.05) is 11.8 Å². The van der Waals surface area contributed by atoms with Crippen LogP contribution in [0.5, 0.6) is 0 Å². The second kappa shape index (κ2) is 4.94. The van der Waals surface area contributed by atoms with E-state index in [0.29, 0.717) is 13.0 Å². The van der Waals surface area contributed by atoms with E-state index in [1.54, 1.807) is 12.4 Å². The zero-order valence-electron chi connectivity index (χ0n) is 7.40. The molecule has 2 N–H and O–H groups in total. The van der Waals surface area contributed by atoms with Crippen molar-refractivity contribution in [2.75, 3.05) is 6.61 Å². The minimum absolute atomic E-state index is 0.365. The van der Waals surface area contributed by atoms with E-state index in [2.05, 4.69) is 4.98 Å². The lowest BCUT2D eigenvalue weighted by molar-refractivity contribution is -0.144. The summed E-state index contributed by atoms with van der Waals surface area (Å²) in [7, 11) is 0. The van der Waals surface area contributed by atoms with Gasteiger partial charge in [0.1, 0.15) is 6.04 Å². The van der Waals surface area contributed by atoms with Crippen LogP contribution in [-0.4, -0.2) is 23.6 Å². The number of carbonyl (C=O) groups is 1. The average molecular weight is 200 g/mol. The summed E-state index contributed by atoms with van der Waals surface area (Å²) in [6.45, 7) is 2.12. The third kappa shape index (κ3) is 3.12. The molecule has 0 radical (unpaired) electrons. The van der Waals surface area contributed by atoms with Crippen LogP contribution in [0.2, 0.25) is 0 Å². The third-order valence-electron chi connectivity index (χ3n) is 1.50. The molecule has 0 amide bonds. The van der Waals surface area contributed by atoms with E-state index in [0.717, 1.165) is 5.69 Å². The summed E-state index contributed by atoms with van der Waals surface area (Å²) in [6, 6.07) is -0.595. The molecule has 1 aromatic heterocycles. The molecule has 1 aromatic rings. The Balaban J connectivity index is 2.41. The second-order valence-corrected chi connectivity index (χ2v) is 3.26. The number of esters is 1. The molecule has 13 heavy (non-hydrogen) atoms. The molecule has 0 fully saturated rings. The Morgan fingerprint density at radius 2 is 2.62 bits per heavy atom. The Hall–Kier alpha value is -0.940. The van der Waals surface area contributed by atoms with Crippen molar-refractivity contribution >= 4 is 17.3 Å². The maximum absolute atomic E-state index is 11.1. The number of hydrogen-bond donors (Lipinski definition) is 1. The Morgan fingerprint density at radius 3 is 3.15 bits per heavy atom. The number of thiazole rings is 1. The van der Waals surface area contributed by atoms with E-state index in [1.165, 1.54) is 11.3 Å². The van der Waals surface area contributed by atoms with Crippen molar-refractivity contribution in [3.63, 3.8) is 0 Å². The molecule has 0 aromatic carbocycles. The quantitative estimate of drug-likeness (QED) is 0.722. The first-order chi connectivity index (χ1) is 6.24. The average Bonchev–Trinajstić information content (AvgIpc) is 2.57. The normalized spacial score (nSPS) is 12.5. The Bertz CT molecular complexity index is 261. The molecule has 0 saturated heterocycles. The highest BCUT2D eigenvalue weighted by Gasteiger charge is 2.15. The Morgan fingerprint density at radius 1 is 1.85 bits per heavy atom. The predicted molar refractivity (Wildman–Crippen MR) is 50.4 cm³/mol. The summed E-state index contributed by atoms with van der Waals surface area (Å²) in [4.78, 5) is 15.1. The number of aromatic nitrogens is 1. The topological polar surface area (TPSA) is 65.2 Å². The summed E-state index contributed by atoms with van der Waals surface area (Å²) in [5.74, 6) is -0.365. The van der Waals surface area contributed by atoms with Gasteiger partial charge >= 0.3 is 5.97 Å². The van der Waals surface area contributed by atoms with E-state index in [9.17, 15) is 4.79 Å². The highest BCUT2D eigenvalue weighted by atomic mass is 32.1. The van der Waals surface area contributed by atoms with Crippen LogP contribution >= 0.6 is 11.3 Å². The molecular weight excluding hydrogens is 188 g/mol. The van der Waals surface area contributed by atoms with Gasteiger partial charge in [0.2, 0.25) is 0 Å². The number of nitrogens with zero attached hydrogens (tertiary/aromatic N) is 1. The van der Waals surface area contributed by atoms with Crippen molar-refractivity contribution < 1.29 is 9.53 Å². The standard InChI is InChI=1S/C8H12N2O2S/c1-2-12-8(11)7(9)3-6-4-13-5-10-6/h4-5,7H,2-3,9H2,1H3. The highest BCUT2D eigenvalue weighted by Crippen LogP contribution is 2.04. The Kier molecular flexibility index (Phi) is 3.85. The van der Waals surface area contributed by atoms with E-state index >= 15 is 0 Å². The molecule has 5 heteroatoms. The fourth-order valence-corrected chi connectivity index (χ4v) is 1.47. The largest absolute Gasteiger partial charge is 0.465 e. The van der Waals surface area contributed by atoms with Gasteiger partial charge in [0.25, 0.3) is 0 Å². The van der Waals surface area contributed by atoms with Gasteiger partial charge in [-0.1, -0.05) is 0 Å². The molecule has 0 saturated carbocycles. The first kappa shape index (κ1) is 10.1. The van der Waals surface area contributed by atoms with Gasteiger partial charge in [-0.25, -0.2) is 4.98 Å². The van der Waals surface area contributed by atoms with Crippen molar-refractivity contribution in [2.24, 2.45) is 5.73 Å². The zero-order chi connectivity index (χ0) is 9.68. The van der Waals surface area contributed by atoms with Crippen LogP contribution in [0.25, 0.3) is 0 Å².